The van der Waals surface area contributed by atoms with Crippen molar-refractivity contribution in [1.29, 1.82) is 0 Å². The number of carbonyl (C=O) groups excluding carboxylic acids is 4. The number of aliphatic hydroxyl groups is 1. The largest absolute Gasteiger partial charge is 0.461 e. The summed E-state index contributed by atoms with van der Waals surface area (Å²) in [6.45, 7) is 15.8. The minimum atomic E-state index is -1.21. The molecule has 0 fully saturated rings. The van der Waals surface area contributed by atoms with Crippen LogP contribution in [0.25, 0.3) is 0 Å². The molecular weight excluding hydrogens is 671 g/mol. The highest BCUT2D eigenvalue weighted by Gasteiger charge is 2.39. The minimum absolute atomic E-state index is 0.0655. The second-order valence-corrected chi connectivity index (χ2v) is 15.9. The summed E-state index contributed by atoms with van der Waals surface area (Å²) >= 11 is 1.10. The highest BCUT2D eigenvalue weighted by atomic mass is 32.1. The number of ether oxygens (including phenoxy) is 3. The molecule has 3 aromatic rings. The number of hydrogen-bond acceptors (Lipinski definition) is 10. The third-order valence-electron chi connectivity index (χ3n) is 7.71. The smallest absolute Gasteiger partial charge is 0.420 e. The molecule has 3 amide bonds. The fourth-order valence-electron chi connectivity index (χ4n) is 5.26. The summed E-state index contributed by atoms with van der Waals surface area (Å²) in [5.41, 5.74) is 0.210. The van der Waals surface area contributed by atoms with E-state index < -0.39 is 53.4 Å². The summed E-state index contributed by atoms with van der Waals surface area (Å²) in [5, 5.41) is 16.2. The molecular formula is C39H53N3O8S. The molecule has 11 nitrogen and oxygen atoms in total. The Morgan fingerprint density at radius 3 is 1.86 bits per heavy atom. The first-order valence-electron chi connectivity index (χ1n) is 17.3. The number of esters is 1. The predicted molar refractivity (Wildman–Crippen MR) is 196 cm³/mol. The Hall–Kier alpha value is -4.29. The van der Waals surface area contributed by atoms with Gasteiger partial charge in [0.05, 0.1) is 12.0 Å². The highest BCUT2D eigenvalue weighted by molar-refractivity contribution is 7.09. The molecule has 12 heteroatoms. The van der Waals surface area contributed by atoms with Crippen LogP contribution in [0.15, 0.2) is 66.0 Å². The maximum absolute atomic E-state index is 13.5. The van der Waals surface area contributed by atoms with Crippen molar-refractivity contribution in [3.63, 3.8) is 0 Å². The molecule has 278 valence electrons. The van der Waals surface area contributed by atoms with Crippen molar-refractivity contribution >= 4 is 35.4 Å². The number of nitrogens with one attached hydrogen (secondary N) is 1. The lowest BCUT2D eigenvalue weighted by Crippen LogP contribution is -2.51. The van der Waals surface area contributed by atoms with Crippen molar-refractivity contribution in [3.05, 3.63) is 87.9 Å². The van der Waals surface area contributed by atoms with Crippen LogP contribution in [0.4, 0.5) is 9.59 Å². The van der Waals surface area contributed by atoms with Crippen LogP contribution in [0.3, 0.4) is 0 Å². The summed E-state index contributed by atoms with van der Waals surface area (Å²) in [6, 6.07) is 17.8. The Balaban J connectivity index is 1.76. The number of rotatable bonds is 14. The van der Waals surface area contributed by atoms with Crippen molar-refractivity contribution < 1.29 is 38.5 Å². The molecule has 0 aliphatic carbocycles. The molecule has 2 N–H and O–H groups in total. The number of benzene rings is 2. The molecule has 51 heavy (non-hydrogen) atoms. The Morgan fingerprint density at radius 2 is 1.35 bits per heavy atom. The zero-order valence-electron chi connectivity index (χ0n) is 31.2. The van der Waals surface area contributed by atoms with Gasteiger partial charge >= 0.3 is 18.2 Å². The lowest BCUT2D eigenvalue weighted by atomic mass is 9.96. The predicted octanol–water partition coefficient (Wildman–Crippen LogP) is 7.87. The Labute approximate surface area is 305 Å². The number of aliphatic hydroxyl groups excluding tert-OH is 1. The van der Waals surface area contributed by atoms with Crippen LogP contribution in [0.5, 0.6) is 0 Å². The molecule has 4 atom stereocenters. The Kier molecular flexibility index (Phi) is 14.7. The normalized spacial score (nSPS) is 14.2. The van der Waals surface area contributed by atoms with E-state index in [1.54, 1.807) is 53.8 Å². The number of carbonyl (C=O) groups is 4. The van der Waals surface area contributed by atoms with Gasteiger partial charge in [0.25, 0.3) is 5.91 Å². The van der Waals surface area contributed by atoms with E-state index in [1.165, 1.54) is 0 Å². The molecule has 0 radical (unpaired) electrons. The Morgan fingerprint density at radius 1 is 0.824 bits per heavy atom. The Bertz CT molecular complexity index is 1550. The van der Waals surface area contributed by atoms with Gasteiger partial charge < -0.3 is 24.6 Å². The van der Waals surface area contributed by atoms with Crippen molar-refractivity contribution in [1.82, 2.24) is 15.2 Å². The van der Waals surface area contributed by atoms with Gasteiger partial charge in [0.1, 0.15) is 34.6 Å². The van der Waals surface area contributed by atoms with Crippen LogP contribution in [-0.2, 0) is 32.0 Å². The van der Waals surface area contributed by atoms with Crippen LogP contribution in [0.1, 0.15) is 108 Å². The van der Waals surface area contributed by atoms with Crippen molar-refractivity contribution in [2.24, 2.45) is 11.8 Å². The zero-order valence-corrected chi connectivity index (χ0v) is 32.0. The highest BCUT2D eigenvalue weighted by Crippen LogP contribution is 2.30. The third kappa shape index (κ3) is 13.7. The van der Waals surface area contributed by atoms with Crippen LogP contribution in [0, 0.1) is 11.8 Å². The van der Waals surface area contributed by atoms with E-state index in [4.69, 9.17) is 14.2 Å². The van der Waals surface area contributed by atoms with E-state index in [0.717, 1.165) is 27.4 Å². The zero-order chi connectivity index (χ0) is 37.9. The van der Waals surface area contributed by atoms with Crippen LogP contribution in [-0.4, -0.2) is 62.3 Å². The topological polar surface area (TPSA) is 144 Å². The van der Waals surface area contributed by atoms with Crippen molar-refractivity contribution in [2.75, 3.05) is 0 Å². The van der Waals surface area contributed by atoms with Gasteiger partial charge in [0, 0.05) is 17.8 Å². The second kappa shape index (κ2) is 18.3. The van der Waals surface area contributed by atoms with Gasteiger partial charge in [-0.2, -0.15) is 0 Å². The monoisotopic (exact) mass is 723 g/mol. The number of thiazole rings is 1. The van der Waals surface area contributed by atoms with Crippen molar-refractivity contribution in [3.8, 4) is 0 Å². The van der Waals surface area contributed by atoms with E-state index in [2.05, 4.69) is 10.3 Å². The molecule has 0 saturated heterocycles. The van der Waals surface area contributed by atoms with Gasteiger partial charge in [-0.3, -0.25) is 9.59 Å². The molecule has 3 rings (SSSR count). The number of amides is 3. The molecule has 0 bridgehead atoms. The van der Waals surface area contributed by atoms with Crippen LogP contribution >= 0.6 is 11.3 Å². The first-order chi connectivity index (χ1) is 23.8. The van der Waals surface area contributed by atoms with Crippen LogP contribution in [0.2, 0.25) is 0 Å². The molecule has 1 heterocycles. The molecule has 0 saturated carbocycles. The summed E-state index contributed by atoms with van der Waals surface area (Å²) in [7, 11) is 0. The SMILES string of the molecule is CC(C)[C@@H](C[C@@H](O)c1nc(C(=O)N[C@@H](Cc2ccccc2)C[C@H](C)C(=O)OCc2ccccc2)cs1)N(C(=O)OC(C)(C)C)C(=O)OC(C)(C)C. The molecule has 0 aliphatic heterocycles. The van der Waals surface area contributed by atoms with E-state index in [1.807, 2.05) is 74.5 Å². The minimum Gasteiger partial charge on any atom is -0.461 e. The number of imide groups is 1. The van der Waals surface area contributed by atoms with Gasteiger partial charge in [-0.15, -0.1) is 11.3 Å². The van der Waals surface area contributed by atoms with Crippen LogP contribution < -0.4 is 5.32 Å². The lowest BCUT2D eigenvalue weighted by molar-refractivity contribution is -0.149. The fraction of sp³-hybridized carbons (Fsp3) is 0.513. The van der Waals surface area contributed by atoms with Gasteiger partial charge in [-0.1, -0.05) is 81.4 Å². The molecule has 0 spiro atoms. The summed E-state index contributed by atoms with van der Waals surface area (Å²) in [4.78, 5) is 58.4. The quantitative estimate of drug-likeness (QED) is 0.125. The maximum Gasteiger partial charge on any atom is 0.420 e. The standard InChI is InChI=1S/C39H53N3O8S/c1-25(2)31(42(36(46)49-38(4,5)6)37(47)50-39(7,8)9)22-32(43)34-41-30(24-51-34)33(44)40-29(21-27-16-12-10-13-17-27)20-26(3)35(45)48-23-28-18-14-11-15-19-28/h10-19,24-26,29,31-32,43H,20-23H2,1-9H3,(H,40,44)/t26-,29+,31+,32+/m0/s1. The van der Waals surface area contributed by atoms with Crippen molar-refractivity contribution in [2.45, 2.75) is 118 Å². The lowest BCUT2D eigenvalue weighted by Gasteiger charge is -2.35. The van der Waals surface area contributed by atoms with E-state index in [0.29, 0.717) is 12.8 Å². The van der Waals surface area contributed by atoms with Gasteiger partial charge in [0.15, 0.2) is 0 Å². The average Bonchev–Trinajstić information content (AvgIpc) is 3.53. The summed E-state index contributed by atoms with van der Waals surface area (Å²) < 4.78 is 16.7. The number of nitrogens with zero attached hydrogens (tertiary/aromatic N) is 2. The van der Waals surface area contributed by atoms with E-state index >= 15 is 0 Å². The summed E-state index contributed by atoms with van der Waals surface area (Å²) in [5.74, 6) is -1.61. The van der Waals surface area contributed by atoms with E-state index in [9.17, 15) is 24.3 Å². The first-order valence-corrected chi connectivity index (χ1v) is 18.1. The molecule has 0 aliphatic rings. The van der Waals surface area contributed by atoms with Gasteiger partial charge in [-0.05, 0) is 71.4 Å². The maximum atomic E-state index is 13.5. The number of aromatic nitrogens is 1. The number of hydrogen-bond donors (Lipinski definition) is 2. The third-order valence-corrected chi connectivity index (χ3v) is 8.66. The molecule has 2 aromatic carbocycles. The molecule has 1 aromatic heterocycles. The van der Waals surface area contributed by atoms with Gasteiger partial charge in [-0.25, -0.2) is 19.5 Å². The fourth-order valence-corrected chi connectivity index (χ4v) is 6.06. The molecule has 0 unspecified atom stereocenters. The second-order valence-electron chi connectivity index (χ2n) is 15.1. The summed E-state index contributed by atoms with van der Waals surface area (Å²) in [6.07, 6.45) is -2.24. The first kappa shape index (κ1) is 41.1. The van der Waals surface area contributed by atoms with Gasteiger partial charge in [0.2, 0.25) is 0 Å². The average molecular weight is 724 g/mol. The van der Waals surface area contributed by atoms with E-state index in [-0.39, 0.29) is 35.6 Å².